The van der Waals surface area contributed by atoms with E-state index in [0.717, 1.165) is 4.88 Å². The number of nitrogens with one attached hydrogen (secondary N) is 2. The third kappa shape index (κ3) is 4.65. The lowest BCUT2D eigenvalue weighted by atomic mass is 9.88. The van der Waals surface area contributed by atoms with Gasteiger partial charge < -0.3 is 30.4 Å². The van der Waals surface area contributed by atoms with Gasteiger partial charge in [-0.2, -0.15) is 0 Å². The Balaban J connectivity index is 1.57. The molecule has 1 aromatic carbocycles. The van der Waals surface area contributed by atoms with Gasteiger partial charge in [0, 0.05) is 18.7 Å². The van der Waals surface area contributed by atoms with Crippen molar-refractivity contribution in [1.82, 2.24) is 15.0 Å². The summed E-state index contributed by atoms with van der Waals surface area (Å²) in [5.41, 5.74) is -0.120. The van der Waals surface area contributed by atoms with Crippen LogP contribution in [0.4, 0.5) is 5.13 Å². The van der Waals surface area contributed by atoms with Gasteiger partial charge in [-0.3, -0.25) is 9.59 Å². The molecule has 1 saturated heterocycles. The molecule has 0 saturated carbocycles. The number of carbonyl (C=O) groups is 1. The van der Waals surface area contributed by atoms with E-state index in [9.17, 15) is 24.9 Å². The van der Waals surface area contributed by atoms with Gasteiger partial charge in [-0.25, -0.2) is 9.97 Å². The maximum absolute atomic E-state index is 12.6. The molecule has 3 aromatic rings. The first-order valence-corrected chi connectivity index (χ1v) is 10.5. The summed E-state index contributed by atoms with van der Waals surface area (Å²) < 4.78 is 5.66. The summed E-state index contributed by atoms with van der Waals surface area (Å²) in [5, 5.41) is 31.5. The van der Waals surface area contributed by atoms with Crippen molar-refractivity contribution in [2.75, 3.05) is 11.9 Å². The molecule has 4 rings (SSSR count). The van der Waals surface area contributed by atoms with Gasteiger partial charge in [0.2, 0.25) is 11.7 Å². The number of ether oxygens (including phenoxy) is 1. The molecule has 2 aromatic heterocycles. The second kappa shape index (κ2) is 7.77. The fourth-order valence-corrected chi connectivity index (χ4v) is 4.40. The van der Waals surface area contributed by atoms with Crippen molar-refractivity contribution in [2.45, 2.75) is 38.3 Å². The molecule has 0 bridgehead atoms. The smallest absolute Gasteiger partial charge is 0.338 e. The van der Waals surface area contributed by atoms with Gasteiger partial charge in [0.25, 0.3) is 5.56 Å². The number of aliphatic hydroxyl groups is 3. The Hall–Kier alpha value is -2.70. The number of H-pyrrole nitrogens is 1. The number of aromatic nitrogens is 3. The zero-order valence-electron chi connectivity index (χ0n) is 16.9. The summed E-state index contributed by atoms with van der Waals surface area (Å²) >= 11 is 1.26. The van der Waals surface area contributed by atoms with E-state index in [2.05, 4.69) is 20.3 Å². The molecular formula is C20H22N4O6S. The van der Waals surface area contributed by atoms with Gasteiger partial charge in [-0.15, -0.1) is 0 Å². The number of hydrogen-bond acceptors (Lipinski definition) is 9. The average molecular weight is 446 g/mol. The first kappa shape index (κ1) is 21.5. The van der Waals surface area contributed by atoms with E-state index in [1.54, 1.807) is 18.3 Å². The molecule has 1 aliphatic heterocycles. The van der Waals surface area contributed by atoms with Crippen LogP contribution in [0.1, 0.15) is 32.5 Å². The first-order valence-electron chi connectivity index (χ1n) is 9.64. The highest BCUT2D eigenvalue weighted by molar-refractivity contribution is 7.19. The summed E-state index contributed by atoms with van der Waals surface area (Å²) in [6, 6.07) is 4.80. The molecule has 1 aliphatic rings. The Morgan fingerprint density at radius 2 is 2.13 bits per heavy atom. The van der Waals surface area contributed by atoms with E-state index in [-0.39, 0.29) is 28.3 Å². The molecule has 3 heterocycles. The van der Waals surface area contributed by atoms with Crippen molar-refractivity contribution in [3.8, 4) is 10.4 Å². The number of benzene rings is 1. The van der Waals surface area contributed by atoms with Crippen molar-refractivity contribution in [3.05, 3.63) is 40.6 Å². The van der Waals surface area contributed by atoms with Crippen LogP contribution in [0.5, 0.6) is 0 Å². The zero-order chi connectivity index (χ0) is 22.4. The number of rotatable bonds is 4. The van der Waals surface area contributed by atoms with Crippen molar-refractivity contribution >= 4 is 33.3 Å². The number of amides is 1. The molecule has 31 heavy (non-hydrogen) atoms. The highest BCUT2D eigenvalue weighted by Gasteiger charge is 2.33. The normalized spacial score (nSPS) is 18.8. The quantitative estimate of drug-likeness (QED) is 0.375. The largest absolute Gasteiger partial charge is 0.376 e. The van der Waals surface area contributed by atoms with Crippen LogP contribution in [-0.2, 0) is 15.5 Å². The molecule has 0 spiro atoms. The second-order valence-electron chi connectivity index (χ2n) is 8.10. The van der Waals surface area contributed by atoms with Crippen LogP contribution in [0, 0.1) is 5.92 Å². The van der Waals surface area contributed by atoms with E-state index in [0.29, 0.717) is 30.1 Å². The Morgan fingerprint density at radius 3 is 2.84 bits per heavy atom. The third-order valence-corrected chi connectivity index (χ3v) is 6.07. The van der Waals surface area contributed by atoms with E-state index < -0.39 is 17.4 Å². The van der Waals surface area contributed by atoms with Crippen LogP contribution in [0.25, 0.3) is 21.3 Å². The van der Waals surface area contributed by atoms with Crippen molar-refractivity contribution in [3.63, 3.8) is 0 Å². The number of nitrogens with zero attached hydrogens (tertiary/aromatic N) is 2. The molecule has 11 heteroatoms. The number of aromatic amines is 1. The molecule has 1 unspecified atom stereocenters. The van der Waals surface area contributed by atoms with E-state index in [1.165, 1.54) is 17.4 Å². The Kier molecular flexibility index (Phi) is 5.40. The Bertz CT molecular complexity index is 1200. The number of anilines is 1. The van der Waals surface area contributed by atoms with Gasteiger partial charge >= 0.3 is 5.97 Å². The summed E-state index contributed by atoms with van der Waals surface area (Å²) in [4.78, 5) is 35.8. The van der Waals surface area contributed by atoms with Gasteiger partial charge in [0.05, 0.1) is 21.4 Å². The minimum Gasteiger partial charge on any atom is -0.376 e. The summed E-state index contributed by atoms with van der Waals surface area (Å²) in [6.07, 6.45) is 2.88. The maximum atomic E-state index is 12.6. The van der Waals surface area contributed by atoms with E-state index >= 15 is 0 Å². The van der Waals surface area contributed by atoms with Crippen LogP contribution in [0.15, 0.2) is 29.2 Å². The summed E-state index contributed by atoms with van der Waals surface area (Å²) in [5.74, 6) is -4.19. The fourth-order valence-electron chi connectivity index (χ4n) is 3.58. The molecule has 164 valence electrons. The predicted molar refractivity (Wildman–Crippen MR) is 113 cm³/mol. The van der Waals surface area contributed by atoms with Crippen LogP contribution >= 0.6 is 11.3 Å². The number of fused-ring (bicyclic) bond motifs is 1. The zero-order valence-corrected chi connectivity index (χ0v) is 17.7. The SMILES string of the molecule is CC1(C)CC(C(=O)Nc2ncc(-c3ccc4c(=O)[nH]c(C(O)(O)O)nc4c3)s2)CCO1. The Labute approximate surface area is 180 Å². The number of hydrogen-bond donors (Lipinski definition) is 5. The van der Waals surface area contributed by atoms with Crippen molar-refractivity contribution < 1.29 is 24.9 Å². The minimum atomic E-state index is -3.26. The van der Waals surface area contributed by atoms with Crippen molar-refractivity contribution in [2.24, 2.45) is 5.92 Å². The molecule has 5 N–H and O–H groups in total. The molecule has 1 amide bonds. The lowest BCUT2D eigenvalue weighted by molar-refractivity contribution is -0.328. The first-order chi connectivity index (χ1) is 14.5. The molecular weight excluding hydrogens is 424 g/mol. The fraction of sp³-hybridized carbons (Fsp3) is 0.400. The van der Waals surface area contributed by atoms with Crippen LogP contribution in [-0.4, -0.2) is 48.4 Å². The molecule has 0 aliphatic carbocycles. The summed E-state index contributed by atoms with van der Waals surface area (Å²) in [7, 11) is 0. The number of carbonyl (C=O) groups excluding carboxylic acids is 1. The van der Waals surface area contributed by atoms with Crippen LogP contribution in [0.2, 0.25) is 0 Å². The average Bonchev–Trinajstić information content (AvgIpc) is 3.14. The van der Waals surface area contributed by atoms with Crippen LogP contribution < -0.4 is 10.9 Å². The topological polar surface area (TPSA) is 158 Å². The lowest BCUT2D eigenvalue weighted by Gasteiger charge is -2.34. The molecule has 1 atom stereocenters. The van der Waals surface area contributed by atoms with Gasteiger partial charge in [0.1, 0.15) is 0 Å². The summed E-state index contributed by atoms with van der Waals surface area (Å²) in [6.45, 7) is 4.47. The van der Waals surface area contributed by atoms with Gasteiger partial charge in [-0.1, -0.05) is 17.4 Å². The molecule has 1 fully saturated rings. The molecule has 10 nitrogen and oxygen atoms in total. The third-order valence-electron chi connectivity index (χ3n) is 5.11. The van der Waals surface area contributed by atoms with E-state index in [1.807, 2.05) is 13.8 Å². The van der Waals surface area contributed by atoms with Gasteiger partial charge in [-0.05, 0) is 44.4 Å². The maximum Gasteiger partial charge on any atom is 0.338 e. The lowest BCUT2D eigenvalue weighted by Crippen LogP contribution is -2.39. The van der Waals surface area contributed by atoms with Crippen LogP contribution in [0.3, 0.4) is 0 Å². The number of thiazole rings is 1. The van der Waals surface area contributed by atoms with Crippen molar-refractivity contribution in [1.29, 1.82) is 0 Å². The second-order valence-corrected chi connectivity index (χ2v) is 9.13. The predicted octanol–water partition coefficient (Wildman–Crippen LogP) is 1.28. The minimum absolute atomic E-state index is 0.0983. The standard InChI is InChI=1S/C20H22N4O6S/c1-19(2)8-11(5-6-30-19)15(25)24-18-21-9-14(31-18)10-3-4-12-13(7-10)22-17(20(27,28)29)23-16(12)26/h3-4,7,9,11,27-29H,5-6,8H2,1-2H3,(H,21,24,25)(H,22,23,26). The van der Waals surface area contributed by atoms with Gasteiger partial charge in [0.15, 0.2) is 5.13 Å². The monoisotopic (exact) mass is 446 g/mol. The van der Waals surface area contributed by atoms with E-state index in [4.69, 9.17) is 4.74 Å². The Morgan fingerprint density at radius 1 is 1.35 bits per heavy atom. The molecule has 0 radical (unpaired) electrons. The highest BCUT2D eigenvalue weighted by Crippen LogP contribution is 2.33. The highest BCUT2D eigenvalue weighted by atomic mass is 32.1.